The second-order valence-electron chi connectivity index (χ2n) is 11.3. The highest BCUT2D eigenvalue weighted by Crippen LogP contribution is 2.52. The quantitative estimate of drug-likeness (QED) is 0.293. The Morgan fingerprint density at radius 2 is 1.85 bits per heavy atom. The highest BCUT2D eigenvalue weighted by Gasteiger charge is 2.51. The van der Waals surface area contributed by atoms with Gasteiger partial charge >= 0.3 is 5.97 Å². The highest BCUT2D eigenvalue weighted by molar-refractivity contribution is 8.00. The number of carbonyl (C=O) groups is 1. The highest BCUT2D eigenvalue weighted by atomic mass is 32.2. The van der Waals surface area contributed by atoms with Crippen molar-refractivity contribution in [3.8, 4) is 5.75 Å². The second-order valence-corrected chi connectivity index (χ2v) is 14.1. The van der Waals surface area contributed by atoms with Crippen molar-refractivity contribution in [1.82, 2.24) is 4.31 Å². The number of likely N-dealkylation sites (N-methyl/N-ethyl adjacent to an activating group) is 1. The first-order valence-corrected chi connectivity index (χ1v) is 15.3. The number of hydrogen-bond acceptors (Lipinski definition) is 5. The van der Waals surface area contributed by atoms with Crippen molar-refractivity contribution in [2.45, 2.75) is 78.4 Å². The SMILES string of the molecule is CN1C(CCC(C)(F)F)CN(c2ccc(F)cc2)c2cc(SC3CC(F)(F)C3)c(OCC3(C(=O)O)CC3)cc2S1=O. The van der Waals surface area contributed by atoms with Crippen molar-refractivity contribution in [1.29, 1.82) is 0 Å². The molecule has 1 aliphatic heterocycles. The van der Waals surface area contributed by atoms with Gasteiger partial charge in [0.1, 0.15) is 34.6 Å². The second kappa shape index (κ2) is 11.0. The molecule has 0 bridgehead atoms. The molecule has 1 N–H and O–H groups in total. The topological polar surface area (TPSA) is 70.1 Å². The Balaban J connectivity index is 1.57. The molecule has 2 unspecified atom stereocenters. The predicted molar refractivity (Wildman–Crippen MR) is 146 cm³/mol. The summed E-state index contributed by atoms with van der Waals surface area (Å²) < 4.78 is 90.2. The lowest BCUT2D eigenvalue weighted by molar-refractivity contribution is -0.144. The lowest BCUT2D eigenvalue weighted by atomic mass is 9.94. The standard InChI is InChI=1S/C28H31F5N2O4S2/c1-26(30,31)8-7-19-15-35(18-5-3-17(29)4-6-18)21-11-23(40-20-13-28(32,33)14-20)22(12-24(21)41(38)34(19)2)39-16-27(9-10-27)25(36)37/h3-6,11-12,19-20H,7-10,13-16H2,1-2H3,(H,36,37). The third-order valence-electron chi connectivity index (χ3n) is 7.89. The van der Waals surface area contributed by atoms with Gasteiger partial charge < -0.3 is 14.7 Å². The van der Waals surface area contributed by atoms with Crippen LogP contribution in [0.1, 0.15) is 45.4 Å². The number of carboxylic acid groups (broad SMARTS) is 1. The van der Waals surface area contributed by atoms with Gasteiger partial charge in [-0.15, -0.1) is 11.8 Å². The van der Waals surface area contributed by atoms with Gasteiger partial charge in [0.15, 0.2) is 0 Å². The van der Waals surface area contributed by atoms with E-state index in [0.717, 1.165) is 6.92 Å². The molecule has 5 rings (SSSR count). The van der Waals surface area contributed by atoms with Crippen molar-refractivity contribution < 1.29 is 40.8 Å². The number of hydrogen-bond donors (Lipinski definition) is 1. The Kier molecular flexibility index (Phi) is 8.10. The van der Waals surface area contributed by atoms with Crippen LogP contribution in [0.15, 0.2) is 46.2 Å². The van der Waals surface area contributed by atoms with E-state index in [-0.39, 0.29) is 38.2 Å². The normalized spacial score (nSPS) is 23.8. The van der Waals surface area contributed by atoms with Gasteiger partial charge in [0.05, 0.1) is 15.5 Å². The molecule has 0 spiro atoms. The summed E-state index contributed by atoms with van der Waals surface area (Å²) in [7, 11) is -0.258. The Morgan fingerprint density at radius 1 is 1.20 bits per heavy atom. The van der Waals surface area contributed by atoms with E-state index >= 15 is 0 Å². The number of fused-ring (bicyclic) bond motifs is 1. The van der Waals surface area contributed by atoms with Crippen LogP contribution in [0.3, 0.4) is 0 Å². The van der Waals surface area contributed by atoms with Crippen LogP contribution in [-0.4, -0.2) is 62.9 Å². The van der Waals surface area contributed by atoms with E-state index in [1.54, 1.807) is 18.0 Å². The van der Waals surface area contributed by atoms with E-state index < -0.39 is 57.7 Å². The molecule has 2 saturated carbocycles. The number of nitrogens with zero attached hydrogens (tertiary/aromatic N) is 2. The molecule has 2 aromatic carbocycles. The molecule has 2 aromatic rings. The van der Waals surface area contributed by atoms with Gasteiger partial charge in [-0.1, -0.05) is 0 Å². The number of carboxylic acids is 1. The van der Waals surface area contributed by atoms with E-state index in [2.05, 4.69) is 0 Å². The summed E-state index contributed by atoms with van der Waals surface area (Å²) in [4.78, 5) is 14.3. The zero-order chi connectivity index (χ0) is 29.7. The molecule has 41 heavy (non-hydrogen) atoms. The maximum atomic E-state index is 13.9. The number of aliphatic carboxylic acids is 1. The number of benzene rings is 2. The van der Waals surface area contributed by atoms with E-state index in [4.69, 9.17) is 4.74 Å². The van der Waals surface area contributed by atoms with Crippen LogP contribution in [-0.2, 0) is 15.8 Å². The molecule has 2 aliphatic carbocycles. The van der Waals surface area contributed by atoms with Crippen LogP contribution < -0.4 is 9.64 Å². The molecule has 224 valence electrons. The maximum Gasteiger partial charge on any atom is 0.313 e. The average Bonchev–Trinajstić information content (AvgIpc) is 3.68. The van der Waals surface area contributed by atoms with Crippen molar-refractivity contribution >= 4 is 40.1 Å². The Morgan fingerprint density at radius 3 is 2.41 bits per heavy atom. The number of anilines is 2. The van der Waals surface area contributed by atoms with Gasteiger partial charge in [-0.25, -0.2) is 30.5 Å². The minimum absolute atomic E-state index is 0.0284. The van der Waals surface area contributed by atoms with Crippen molar-refractivity contribution in [3.63, 3.8) is 0 Å². The van der Waals surface area contributed by atoms with Crippen LogP contribution in [0.2, 0.25) is 0 Å². The molecule has 0 amide bonds. The molecule has 0 radical (unpaired) electrons. The number of rotatable bonds is 10. The van der Waals surface area contributed by atoms with E-state index in [1.807, 2.05) is 0 Å². The fraction of sp³-hybridized carbons (Fsp3) is 0.536. The Hall–Kier alpha value is -2.38. The van der Waals surface area contributed by atoms with Crippen molar-refractivity contribution in [3.05, 3.63) is 42.2 Å². The first-order valence-electron chi connectivity index (χ1n) is 13.3. The van der Waals surface area contributed by atoms with E-state index in [0.29, 0.717) is 34.0 Å². The fourth-order valence-corrected chi connectivity index (χ4v) is 7.75. The van der Waals surface area contributed by atoms with Gasteiger partial charge in [0.2, 0.25) is 11.8 Å². The summed E-state index contributed by atoms with van der Waals surface area (Å²) in [6.07, 6.45) is -0.160. The Bertz CT molecular complexity index is 1330. The fourth-order valence-electron chi connectivity index (χ4n) is 5.02. The number of alkyl halides is 4. The molecular weight excluding hydrogens is 587 g/mol. The molecule has 2 atom stereocenters. The third kappa shape index (κ3) is 6.67. The van der Waals surface area contributed by atoms with Crippen LogP contribution in [0.4, 0.5) is 33.3 Å². The number of halogens is 5. The summed E-state index contributed by atoms with van der Waals surface area (Å²) in [5.74, 6) is -6.91. The van der Waals surface area contributed by atoms with Gasteiger partial charge in [-0.3, -0.25) is 4.79 Å². The molecule has 13 heteroatoms. The van der Waals surface area contributed by atoms with Crippen LogP contribution >= 0.6 is 11.8 Å². The lowest BCUT2D eigenvalue weighted by Gasteiger charge is -2.35. The molecule has 3 aliphatic rings. The predicted octanol–water partition coefficient (Wildman–Crippen LogP) is 6.87. The molecule has 0 saturated heterocycles. The molecular formula is C28H31F5N2O4S2. The smallest absolute Gasteiger partial charge is 0.313 e. The lowest BCUT2D eigenvalue weighted by Crippen LogP contribution is -2.39. The third-order valence-corrected chi connectivity index (χ3v) is 10.6. The summed E-state index contributed by atoms with van der Waals surface area (Å²) in [6, 6.07) is 8.23. The number of ether oxygens (including phenoxy) is 1. The summed E-state index contributed by atoms with van der Waals surface area (Å²) >= 11 is 1.18. The van der Waals surface area contributed by atoms with Gasteiger partial charge in [-0.2, -0.15) is 0 Å². The monoisotopic (exact) mass is 618 g/mol. The first kappa shape index (κ1) is 30.1. The summed E-state index contributed by atoms with van der Waals surface area (Å²) in [5, 5.41) is 9.21. The van der Waals surface area contributed by atoms with Crippen molar-refractivity contribution in [2.24, 2.45) is 5.41 Å². The van der Waals surface area contributed by atoms with Crippen LogP contribution in [0, 0.1) is 11.2 Å². The first-order chi connectivity index (χ1) is 19.2. The molecule has 6 nitrogen and oxygen atoms in total. The van der Waals surface area contributed by atoms with Crippen LogP contribution in [0.5, 0.6) is 5.75 Å². The van der Waals surface area contributed by atoms with Crippen LogP contribution in [0.25, 0.3) is 0 Å². The minimum Gasteiger partial charge on any atom is -0.491 e. The average molecular weight is 619 g/mol. The molecule has 0 aromatic heterocycles. The van der Waals surface area contributed by atoms with Gasteiger partial charge in [0, 0.05) is 55.9 Å². The van der Waals surface area contributed by atoms with Gasteiger partial charge in [-0.05, 0) is 56.5 Å². The summed E-state index contributed by atoms with van der Waals surface area (Å²) in [5.41, 5.74) is -0.0335. The number of thioether (sulfide) groups is 1. The maximum absolute atomic E-state index is 13.9. The van der Waals surface area contributed by atoms with Crippen molar-refractivity contribution in [2.75, 3.05) is 25.1 Å². The zero-order valence-corrected chi connectivity index (χ0v) is 24.2. The van der Waals surface area contributed by atoms with E-state index in [9.17, 15) is 36.1 Å². The summed E-state index contributed by atoms with van der Waals surface area (Å²) in [6.45, 7) is 0.854. The zero-order valence-electron chi connectivity index (χ0n) is 22.5. The van der Waals surface area contributed by atoms with E-state index in [1.165, 1.54) is 46.4 Å². The van der Waals surface area contributed by atoms with Gasteiger partial charge in [0.25, 0.3) is 0 Å². The molecule has 1 heterocycles. The Labute approximate surface area is 241 Å². The largest absolute Gasteiger partial charge is 0.491 e. The minimum atomic E-state index is -2.93. The molecule has 2 fully saturated rings.